The predicted molar refractivity (Wildman–Crippen MR) is 56.5 cm³/mol. The van der Waals surface area contributed by atoms with Crippen LogP contribution in [0.5, 0.6) is 0 Å². The molecule has 0 atom stereocenters. The molecule has 0 radical (unpaired) electrons. The maximum atomic E-state index is 5.25. The molecule has 0 saturated carbocycles. The van der Waals surface area contributed by atoms with Crippen molar-refractivity contribution >= 4 is 17.2 Å². The summed E-state index contributed by atoms with van der Waals surface area (Å²) in [5, 5.41) is 3.54. The Morgan fingerprint density at radius 3 is 2.62 bits per heavy atom. The Morgan fingerprint density at radius 1 is 1.54 bits per heavy atom. The second kappa shape index (κ2) is 4.25. The van der Waals surface area contributed by atoms with Crippen molar-refractivity contribution in [3.05, 3.63) is 21.9 Å². The molecule has 0 amide bonds. The van der Waals surface area contributed by atoms with Crippen molar-refractivity contribution in [1.82, 2.24) is 5.43 Å². The van der Waals surface area contributed by atoms with Crippen LogP contribution in [0.1, 0.15) is 29.5 Å². The zero-order valence-electron chi connectivity index (χ0n) is 7.74. The van der Waals surface area contributed by atoms with E-state index in [1.54, 1.807) is 11.3 Å². The summed E-state index contributed by atoms with van der Waals surface area (Å²) in [5.74, 6) is 11.4. The fourth-order valence-corrected chi connectivity index (χ4v) is 1.93. The Hall–Kier alpha value is -1.07. The molecule has 0 unspecified atom stereocenters. The summed E-state index contributed by atoms with van der Waals surface area (Å²) in [6, 6.07) is 4.03. The van der Waals surface area contributed by atoms with Gasteiger partial charge in [0.25, 0.3) is 0 Å². The van der Waals surface area contributed by atoms with Gasteiger partial charge < -0.3 is 11.3 Å². The first-order chi connectivity index (χ1) is 6.19. The van der Waals surface area contributed by atoms with Gasteiger partial charge in [-0.15, -0.1) is 11.3 Å². The number of hydrazine groups is 1. The van der Waals surface area contributed by atoms with Crippen molar-refractivity contribution in [3.63, 3.8) is 0 Å². The largest absolute Gasteiger partial charge is 0.321 e. The second-order valence-corrected chi connectivity index (χ2v) is 4.09. The number of nitrogens with one attached hydrogen (secondary N) is 1. The Morgan fingerprint density at radius 2 is 2.23 bits per heavy atom. The first-order valence-corrected chi connectivity index (χ1v) is 4.85. The molecule has 1 heterocycles. The highest BCUT2D eigenvalue weighted by Gasteiger charge is 2.07. The smallest absolute Gasteiger partial charge is 0.176 e. The van der Waals surface area contributed by atoms with Gasteiger partial charge in [0.1, 0.15) is 0 Å². The van der Waals surface area contributed by atoms with Crippen LogP contribution in [0.15, 0.2) is 17.2 Å². The summed E-state index contributed by atoms with van der Waals surface area (Å²) in [6.07, 6.45) is 0. The van der Waals surface area contributed by atoms with Crippen LogP contribution in [0.2, 0.25) is 0 Å². The van der Waals surface area contributed by atoms with Crippen molar-refractivity contribution in [2.24, 2.45) is 16.8 Å². The van der Waals surface area contributed by atoms with Gasteiger partial charge in [0.2, 0.25) is 0 Å². The summed E-state index contributed by atoms with van der Waals surface area (Å²) < 4.78 is 0. The monoisotopic (exact) mass is 198 g/mol. The van der Waals surface area contributed by atoms with E-state index in [2.05, 4.69) is 30.4 Å². The van der Waals surface area contributed by atoms with Crippen LogP contribution in [0.3, 0.4) is 0 Å². The molecule has 0 aliphatic carbocycles. The highest BCUT2D eigenvalue weighted by Crippen LogP contribution is 2.23. The van der Waals surface area contributed by atoms with Crippen molar-refractivity contribution in [1.29, 1.82) is 0 Å². The van der Waals surface area contributed by atoms with Crippen molar-refractivity contribution in [2.75, 3.05) is 0 Å². The van der Waals surface area contributed by atoms with Gasteiger partial charge in [-0.1, -0.05) is 13.8 Å². The second-order valence-electron chi connectivity index (χ2n) is 2.98. The van der Waals surface area contributed by atoms with Gasteiger partial charge in [-0.3, -0.25) is 0 Å². The van der Waals surface area contributed by atoms with Crippen LogP contribution >= 0.6 is 11.3 Å². The fraction of sp³-hybridized carbons (Fsp3) is 0.375. The SMILES string of the molecule is CC(C)c1ccc(/C(=N/N)NN)s1. The number of hydrazone groups is 1. The van der Waals surface area contributed by atoms with Crippen molar-refractivity contribution in [2.45, 2.75) is 19.8 Å². The lowest BCUT2D eigenvalue weighted by molar-refractivity contribution is 0.890. The molecular weight excluding hydrogens is 184 g/mol. The van der Waals surface area contributed by atoms with Crippen LogP contribution in [0.4, 0.5) is 0 Å². The number of amidine groups is 1. The standard InChI is InChI=1S/C8H14N4S/c1-5(2)6-3-4-7(13-6)8(11-9)12-10/h3-5H,9-10H2,1-2H3,(H,11,12). The van der Waals surface area contributed by atoms with E-state index in [4.69, 9.17) is 11.7 Å². The molecule has 0 saturated heterocycles. The number of nitrogens with zero attached hydrogens (tertiary/aromatic N) is 1. The molecule has 1 aromatic heterocycles. The summed E-state index contributed by atoms with van der Waals surface area (Å²) in [7, 11) is 0. The van der Waals surface area contributed by atoms with E-state index in [1.165, 1.54) is 4.88 Å². The maximum absolute atomic E-state index is 5.25. The highest BCUT2D eigenvalue weighted by molar-refractivity contribution is 7.14. The zero-order valence-corrected chi connectivity index (χ0v) is 8.56. The average molecular weight is 198 g/mol. The molecule has 72 valence electrons. The third-order valence-corrected chi connectivity index (χ3v) is 3.09. The molecule has 5 N–H and O–H groups in total. The number of thiophene rings is 1. The first-order valence-electron chi connectivity index (χ1n) is 4.03. The molecule has 1 aromatic rings. The zero-order chi connectivity index (χ0) is 9.84. The van der Waals surface area contributed by atoms with Crippen LogP contribution < -0.4 is 17.1 Å². The van der Waals surface area contributed by atoms with Crippen LogP contribution in [0.25, 0.3) is 0 Å². The summed E-state index contributed by atoms with van der Waals surface area (Å²) in [6.45, 7) is 4.29. The lowest BCUT2D eigenvalue weighted by atomic mass is 10.2. The molecule has 4 nitrogen and oxygen atoms in total. The third-order valence-electron chi connectivity index (χ3n) is 1.70. The van der Waals surface area contributed by atoms with E-state index in [1.807, 2.05) is 6.07 Å². The third kappa shape index (κ3) is 2.19. The first kappa shape index (κ1) is 10.0. The van der Waals surface area contributed by atoms with Gasteiger partial charge in [0.15, 0.2) is 5.84 Å². The lowest BCUT2D eigenvalue weighted by Gasteiger charge is -2.00. The molecule has 0 bridgehead atoms. The maximum Gasteiger partial charge on any atom is 0.176 e. The van der Waals surface area contributed by atoms with Gasteiger partial charge in [-0.25, -0.2) is 5.84 Å². The van der Waals surface area contributed by atoms with E-state index >= 15 is 0 Å². The minimum Gasteiger partial charge on any atom is -0.321 e. The van der Waals surface area contributed by atoms with Crippen LogP contribution in [-0.4, -0.2) is 5.84 Å². The molecule has 0 aromatic carbocycles. The van der Waals surface area contributed by atoms with E-state index in [0.717, 1.165) is 4.88 Å². The van der Waals surface area contributed by atoms with Crippen LogP contribution in [-0.2, 0) is 0 Å². The average Bonchev–Trinajstić information content (AvgIpc) is 2.56. The number of rotatable bonds is 2. The van der Waals surface area contributed by atoms with E-state index in [-0.39, 0.29) is 0 Å². The van der Waals surface area contributed by atoms with E-state index in [0.29, 0.717) is 11.8 Å². The molecule has 0 fully saturated rings. The topological polar surface area (TPSA) is 76.4 Å². The van der Waals surface area contributed by atoms with Crippen LogP contribution in [0, 0.1) is 0 Å². The summed E-state index contributed by atoms with van der Waals surface area (Å²) in [5.41, 5.74) is 2.46. The molecule has 13 heavy (non-hydrogen) atoms. The predicted octanol–water partition coefficient (Wildman–Crippen LogP) is 0.955. The fourth-order valence-electron chi connectivity index (χ4n) is 0.962. The summed E-state index contributed by atoms with van der Waals surface area (Å²) in [4.78, 5) is 2.26. The number of hydrogen-bond acceptors (Lipinski definition) is 4. The van der Waals surface area contributed by atoms with E-state index in [9.17, 15) is 0 Å². The minimum absolute atomic E-state index is 0.524. The molecular formula is C8H14N4S. The number of nitrogens with two attached hydrogens (primary N) is 2. The van der Waals surface area contributed by atoms with Crippen molar-refractivity contribution in [3.8, 4) is 0 Å². The lowest BCUT2D eigenvalue weighted by Crippen LogP contribution is -2.31. The summed E-state index contributed by atoms with van der Waals surface area (Å²) >= 11 is 1.64. The van der Waals surface area contributed by atoms with Gasteiger partial charge in [0, 0.05) is 4.88 Å². The molecule has 0 aliphatic heterocycles. The highest BCUT2D eigenvalue weighted by atomic mass is 32.1. The normalized spacial score (nSPS) is 12.2. The molecule has 1 rings (SSSR count). The Balaban J connectivity index is 2.91. The van der Waals surface area contributed by atoms with Crippen molar-refractivity contribution < 1.29 is 0 Å². The Kier molecular flexibility index (Phi) is 3.27. The molecule has 5 heteroatoms. The Bertz CT molecular complexity index is 303. The molecule has 0 spiro atoms. The Labute approximate surface area is 81.6 Å². The van der Waals surface area contributed by atoms with E-state index < -0.39 is 0 Å². The van der Waals surface area contributed by atoms with Gasteiger partial charge in [-0.2, -0.15) is 5.10 Å². The minimum atomic E-state index is 0.524. The van der Waals surface area contributed by atoms with Gasteiger partial charge in [0.05, 0.1) is 4.88 Å². The van der Waals surface area contributed by atoms with Gasteiger partial charge >= 0.3 is 0 Å². The quantitative estimate of drug-likeness (QED) is 0.287. The molecule has 0 aliphatic rings. The van der Waals surface area contributed by atoms with Gasteiger partial charge in [-0.05, 0) is 18.1 Å². The number of hydrogen-bond donors (Lipinski definition) is 3.